The molecule has 0 aromatic rings. The van der Waals surface area contributed by atoms with Crippen molar-refractivity contribution in [1.29, 1.82) is 0 Å². The molecule has 28 heteroatoms. The van der Waals surface area contributed by atoms with E-state index in [0.717, 1.165) is 36.1 Å². The molecule has 2 unspecified atom stereocenters. The number of ketones is 2. The summed E-state index contributed by atoms with van der Waals surface area (Å²) in [6, 6.07) is 0. The third-order valence-electron chi connectivity index (χ3n) is 12.2. The molecule has 496 valence electrons. The molecule has 0 aromatic carbocycles. The Balaban J connectivity index is -0.00000116. The van der Waals surface area contributed by atoms with Crippen LogP contribution in [0.4, 0.5) is 28.8 Å². The van der Waals surface area contributed by atoms with Gasteiger partial charge in [0.2, 0.25) is 0 Å². The van der Waals surface area contributed by atoms with Crippen LogP contribution in [0.5, 0.6) is 0 Å². The second-order valence-corrected chi connectivity index (χ2v) is 21.6. The van der Waals surface area contributed by atoms with Crippen LogP contribution in [0.2, 0.25) is 0 Å². The molecule has 2 aliphatic rings. The minimum absolute atomic E-state index is 0.166. The summed E-state index contributed by atoms with van der Waals surface area (Å²) in [5.41, 5.74) is 1.88. The summed E-state index contributed by atoms with van der Waals surface area (Å²) in [5, 5.41) is 12.7. The predicted molar refractivity (Wildman–Crippen MR) is 318 cm³/mol. The van der Waals surface area contributed by atoms with Crippen molar-refractivity contribution in [2.75, 3.05) is 92.5 Å². The first-order valence-corrected chi connectivity index (χ1v) is 28.5. The summed E-state index contributed by atoms with van der Waals surface area (Å²) in [6.45, 7) is 31.6. The summed E-state index contributed by atoms with van der Waals surface area (Å²) in [7, 11) is 0. The van der Waals surface area contributed by atoms with E-state index in [1.165, 1.54) is 64.2 Å². The SMILES string of the molecule is C=CC(=O)OCCOC(=O)NCNC(=O)OCC(=O)CNC(=O)OCCOC(=O)C=C.C=CC(=O)OCCOC(=O)NCNC(=O)OCC(=O)CNC(=O)OCCOC(=O)C=C.CC1CCCC(C)(C)C1.CC1CCCC(C)(C)C1.CCC(C)(C)CC. The summed E-state index contributed by atoms with van der Waals surface area (Å²) in [5.74, 6) is -2.01. The van der Waals surface area contributed by atoms with Crippen LogP contribution >= 0.6 is 0 Å². The van der Waals surface area contributed by atoms with Gasteiger partial charge < -0.3 is 79.3 Å². The van der Waals surface area contributed by atoms with Crippen molar-refractivity contribution in [1.82, 2.24) is 31.9 Å². The first-order valence-electron chi connectivity index (χ1n) is 28.5. The molecule has 6 amide bonds. The zero-order chi connectivity index (χ0) is 66.7. The van der Waals surface area contributed by atoms with E-state index in [1.54, 1.807) is 0 Å². The molecule has 87 heavy (non-hydrogen) atoms. The van der Waals surface area contributed by atoms with Gasteiger partial charge in [0.15, 0.2) is 24.8 Å². The van der Waals surface area contributed by atoms with Crippen LogP contribution in [0.3, 0.4) is 0 Å². The number of esters is 4. The lowest BCUT2D eigenvalue weighted by molar-refractivity contribution is -0.139. The lowest BCUT2D eigenvalue weighted by Crippen LogP contribution is -2.39. The molecule has 2 saturated carbocycles. The van der Waals surface area contributed by atoms with Crippen LogP contribution in [0.25, 0.3) is 0 Å². The van der Waals surface area contributed by atoms with Crippen LogP contribution in [0.15, 0.2) is 50.6 Å². The number of hydrogen-bond donors (Lipinski definition) is 6. The molecule has 0 aliphatic heterocycles. The average molecular weight is 1240 g/mol. The molecular formula is C59H98N6O22. The number of rotatable bonds is 30. The second kappa shape index (κ2) is 50.0. The highest BCUT2D eigenvalue weighted by Crippen LogP contribution is 2.38. The van der Waals surface area contributed by atoms with E-state index in [-0.39, 0.29) is 66.2 Å². The molecule has 0 spiro atoms. The molecule has 2 rings (SSSR count). The zero-order valence-corrected chi connectivity index (χ0v) is 52.7. The summed E-state index contributed by atoms with van der Waals surface area (Å²) in [6.07, 6.45) is 12.3. The van der Waals surface area contributed by atoms with E-state index >= 15 is 0 Å². The minimum atomic E-state index is -1.01. The zero-order valence-electron chi connectivity index (χ0n) is 52.7. The number of hydrogen-bond acceptors (Lipinski definition) is 22. The number of nitrogens with one attached hydrogen (secondary N) is 6. The van der Waals surface area contributed by atoms with Gasteiger partial charge in [-0.15, -0.1) is 0 Å². The van der Waals surface area contributed by atoms with Gasteiger partial charge >= 0.3 is 60.4 Å². The van der Waals surface area contributed by atoms with E-state index in [1.807, 2.05) is 0 Å². The van der Waals surface area contributed by atoms with E-state index in [0.29, 0.717) is 16.2 Å². The van der Waals surface area contributed by atoms with Crippen LogP contribution in [0.1, 0.15) is 133 Å². The van der Waals surface area contributed by atoms with Gasteiger partial charge in [-0.3, -0.25) is 9.59 Å². The molecule has 0 radical (unpaired) electrons. The maximum absolute atomic E-state index is 11.5. The Morgan fingerprint density at radius 2 is 0.655 bits per heavy atom. The standard InChI is InChI=1S/2C17H23N3O11.2C9H18.C7H16/c2*1-3-13(22)27-5-7-29-15(24)18-9-12(21)10-31-17(26)20-11-19-16(25)30-8-6-28-14(23)4-2;2*1-8-5-4-6-9(2,3)7-8;1-5-7(3,4)6-2/h2*3-4H,1-2,5-11H2,(H,18,24)(H,19,25)(H,20,26);2*8H,4-7H2,1-3H3;5-6H2,1-4H3. The van der Waals surface area contributed by atoms with Gasteiger partial charge in [-0.2, -0.15) is 0 Å². The number of carbonyl (C=O) groups excluding carboxylic acids is 12. The third-order valence-corrected chi connectivity index (χ3v) is 12.2. The molecule has 6 N–H and O–H groups in total. The highest BCUT2D eigenvalue weighted by Gasteiger charge is 2.26. The Labute approximate surface area is 512 Å². The first kappa shape index (κ1) is 83.0. The van der Waals surface area contributed by atoms with Crippen LogP contribution in [-0.4, -0.2) is 164 Å². The molecule has 0 aromatic heterocycles. The van der Waals surface area contributed by atoms with Gasteiger partial charge in [0.25, 0.3) is 0 Å². The van der Waals surface area contributed by atoms with Crippen molar-refractivity contribution in [2.24, 2.45) is 28.1 Å². The topological polar surface area (TPSA) is 369 Å². The quantitative estimate of drug-likeness (QED) is 0.0133. The van der Waals surface area contributed by atoms with Gasteiger partial charge in [-0.05, 0) is 53.8 Å². The largest absolute Gasteiger partial charge is 0.459 e. The van der Waals surface area contributed by atoms with Crippen LogP contribution in [-0.2, 0) is 76.1 Å². The Morgan fingerprint density at radius 3 is 0.862 bits per heavy atom. The van der Waals surface area contributed by atoms with E-state index in [9.17, 15) is 57.5 Å². The fourth-order valence-corrected chi connectivity index (χ4v) is 7.16. The smallest absolute Gasteiger partial charge is 0.408 e. The molecule has 2 aliphatic carbocycles. The second-order valence-electron chi connectivity index (χ2n) is 21.6. The highest BCUT2D eigenvalue weighted by molar-refractivity contribution is 5.87. The molecule has 0 heterocycles. The maximum atomic E-state index is 11.5. The monoisotopic (exact) mass is 1240 g/mol. The molecule has 2 fully saturated rings. The molecule has 2 atom stereocenters. The van der Waals surface area contributed by atoms with E-state index in [2.05, 4.69) is 175 Å². The van der Waals surface area contributed by atoms with Crippen molar-refractivity contribution < 1.29 is 105 Å². The molecule has 0 bridgehead atoms. The maximum Gasteiger partial charge on any atom is 0.408 e. The van der Waals surface area contributed by atoms with Gasteiger partial charge in [-0.25, -0.2) is 47.9 Å². The third kappa shape index (κ3) is 55.4. The van der Waals surface area contributed by atoms with Gasteiger partial charge in [0.05, 0.1) is 26.4 Å². The Kier molecular flexibility index (Phi) is 47.7. The van der Waals surface area contributed by atoms with E-state index < -0.39 is 98.3 Å². The minimum Gasteiger partial charge on any atom is -0.459 e. The molecular weight excluding hydrogens is 1140 g/mol. The Bertz CT molecular complexity index is 2020. The highest BCUT2D eigenvalue weighted by atomic mass is 16.6. The fourth-order valence-electron chi connectivity index (χ4n) is 7.16. The Hall–Kier alpha value is -8.20. The number of alkyl carbamates (subject to hydrolysis) is 6. The lowest BCUT2D eigenvalue weighted by atomic mass is 9.73. The number of Topliss-reactive ketones (excluding diaryl/α,β-unsaturated/α-hetero) is 2. The van der Waals surface area contributed by atoms with Gasteiger partial charge in [-0.1, -0.05) is 134 Å². The predicted octanol–water partition coefficient (Wildman–Crippen LogP) is 7.58. The molecule has 28 nitrogen and oxygen atoms in total. The van der Waals surface area contributed by atoms with Crippen molar-refractivity contribution in [3.63, 3.8) is 0 Å². The summed E-state index contributed by atoms with van der Waals surface area (Å²) in [4.78, 5) is 134. The van der Waals surface area contributed by atoms with E-state index in [4.69, 9.17) is 0 Å². The Morgan fingerprint density at radius 1 is 0.414 bits per heavy atom. The first-order chi connectivity index (χ1) is 40.9. The van der Waals surface area contributed by atoms with Crippen molar-refractivity contribution in [2.45, 2.75) is 133 Å². The van der Waals surface area contributed by atoms with Crippen molar-refractivity contribution in [3.8, 4) is 0 Å². The number of amides is 6. The van der Waals surface area contributed by atoms with Gasteiger partial charge in [0, 0.05) is 24.3 Å². The summed E-state index contributed by atoms with van der Waals surface area (Å²) < 4.78 is 46.0. The van der Waals surface area contributed by atoms with Crippen LogP contribution < -0.4 is 31.9 Å². The number of carbonyl (C=O) groups is 12. The van der Waals surface area contributed by atoms with Crippen molar-refractivity contribution in [3.05, 3.63) is 50.6 Å². The normalized spacial score (nSPS) is 14.7. The number of ether oxygens (including phenoxy) is 10. The van der Waals surface area contributed by atoms with Gasteiger partial charge in [0.1, 0.15) is 52.9 Å². The summed E-state index contributed by atoms with van der Waals surface area (Å²) >= 11 is 0. The molecule has 0 saturated heterocycles. The van der Waals surface area contributed by atoms with Crippen LogP contribution in [0, 0.1) is 28.1 Å². The fraction of sp³-hybridized carbons (Fsp3) is 0.661. The van der Waals surface area contributed by atoms with Crippen molar-refractivity contribution >= 4 is 72.0 Å². The lowest BCUT2D eigenvalue weighted by Gasteiger charge is -2.33. The average Bonchev–Trinajstić information content (AvgIpc) is 3.62.